The third-order valence-electron chi connectivity index (χ3n) is 5.63. The molecule has 2 amide bonds. The van der Waals surface area contributed by atoms with Crippen molar-refractivity contribution in [2.45, 2.75) is 31.8 Å². The summed E-state index contributed by atoms with van der Waals surface area (Å²) in [6.45, 7) is 3.93. The molecule has 9 nitrogen and oxygen atoms in total. The van der Waals surface area contributed by atoms with Gasteiger partial charge in [0.05, 0.1) is 43.3 Å². The van der Waals surface area contributed by atoms with Gasteiger partial charge in [-0.15, -0.1) is 0 Å². The number of nitrogens with zero attached hydrogens (tertiary/aromatic N) is 4. The first-order valence-corrected chi connectivity index (χ1v) is 9.76. The largest absolute Gasteiger partial charge is 0.465 e. The van der Waals surface area contributed by atoms with Gasteiger partial charge in [-0.1, -0.05) is 6.07 Å². The fourth-order valence-corrected chi connectivity index (χ4v) is 4.12. The van der Waals surface area contributed by atoms with E-state index in [2.05, 4.69) is 10.4 Å². The minimum absolute atomic E-state index is 0.176. The van der Waals surface area contributed by atoms with Gasteiger partial charge in [0.15, 0.2) is 0 Å². The van der Waals surface area contributed by atoms with Crippen LogP contribution in [-0.2, 0) is 4.74 Å². The average Bonchev–Trinajstić information content (AvgIpc) is 3.23. The molecule has 0 aliphatic carbocycles. The van der Waals surface area contributed by atoms with Gasteiger partial charge in [0.2, 0.25) is 0 Å². The quantitative estimate of drug-likeness (QED) is 0.805. The van der Waals surface area contributed by atoms with Crippen molar-refractivity contribution in [3.63, 3.8) is 0 Å². The summed E-state index contributed by atoms with van der Waals surface area (Å²) in [6.07, 6.45) is 4.32. The van der Waals surface area contributed by atoms with Crippen molar-refractivity contribution in [2.75, 3.05) is 36.5 Å². The van der Waals surface area contributed by atoms with Crippen molar-refractivity contribution < 1.29 is 19.4 Å². The first kappa shape index (κ1) is 19.3. The highest BCUT2D eigenvalue weighted by Gasteiger charge is 2.35. The molecular formula is C20H25N5O4. The number of anilines is 2. The fraction of sp³-hybridized carbons (Fsp3) is 0.450. The van der Waals surface area contributed by atoms with Crippen LogP contribution in [0.4, 0.5) is 21.0 Å². The molecule has 2 aliphatic rings. The molecule has 154 valence electrons. The normalized spacial score (nSPS) is 19.7. The summed E-state index contributed by atoms with van der Waals surface area (Å²) in [6, 6.07) is 5.49. The predicted octanol–water partition coefficient (Wildman–Crippen LogP) is 2.93. The van der Waals surface area contributed by atoms with E-state index >= 15 is 0 Å². The van der Waals surface area contributed by atoms with E-state index in [4.69, 9.17) is 4.74 Å². The summed E-state index contributed by atoms with van der Waals surface area (Å²) in [7, 11) is 1.32. The van der Waals surface area contributed by atoms with Gasteiger partial charge < -0.3 is 15.2 Å². The average molecular weight is 399 g/mol. The Hall–Kier alpha value is -3.07. The zero-order valence-corrected chi connectivity index (χ0v) is 16.5. The third-order valence-corrected chi connectivity index (χ3v) is 5.63. The number of carbonyl (C=O) groups is 2. The van der Waals surface area contributed by atoms with Crippen molar-refractivity contribution in [3.05, 3.63) is 30.6 Å². The van der Waals surface area contributed by atoms with Crippen molar-refractivity contribution in [1.29, 1.82) is 0 Å². The van der Waals surface area contributed by atoms with Crippen LogP contribution in [-0.4, -0.2) is 59.9 Å². The first-order chi connectivity index (χ1) is 14.0. The summed E-state index contributed by atoms with van der Waals surface area (Å²) in [4.78, 5) is 26.9. The second-order valence-corrected chi connectivity index (χ2v) is 7.48. The van der Waals surface area contributed by atoms with Crippen LogP contribution in [0.3, 0.4) is 0 Å². The molecule has 1 aromatic carbocycles. The molecular weight excluding hydrogens is 374 g/mol. The predicted molar refractivity (Wildman–Crippen MR) is 109 cm³/mol. The molecule has 0 bridgehead atoms. The number of piperidine rings is 1. The number of ether oxygens (including phenoxy) is 1. The Morgan fingerprint density at radius 3 is 2.66 bits per heavy atom. The van der Waals surface area contributed by atoms with E-state index < -0.39 is 12.2 Å². The van der Waals surface area contributed by atoms with Crippen LogP contribution in [0.2, 0.25) is 0 Å². The number of hydrogen-bond donors (Lipinski definition) is 2. The van der Waals surface area contributed by atoms with Gasteiger partial charge in [-0.3, -0.25) is 14.5 Å². The lowest BCUT2D eigenvalue weighted by atomic mass is 10.0. The van der Waals surface area contributed by atoms with Gasteiger partial charge in [-0.05, 0) is 50.6 Å². The third kappa shape index (κ3) is 3.53. The number of rotatable bonds is 2. The topological polar surface area (TPSA) is 99.9 Å². The van der Waals surface area contributed by atoms with Gasteiger partial charge in [0.1, 0.15) is 0 Å². The van der Waals surface area contributed by atoms with E-state index in [-0.39, 0.29) is 12.6 Å². The molecule has 29 heavy (non-hydrogen) atoms. The molecule has 2 N–H and O–H groups in total. The standard InChI is InChI=1S/C20H25N5O4/c1-13-11-23(19(26)27)18-9-14(3-4-17(18)25(13)20(28)29-2)15-10-22-24(12-15)16-5-7-21-8-6-16/h3-4,9-10,12-13,16,21H,5-8,11H2,1-2H3,(H,26,27)/t13-/m0/s1. The van der Waals surface area contributed by atoms with Gasteiger partial charge in [-0.2, -0.15) is 5.10 Å². The summed E-state index contributed by atoms with van der Waals surface area (Å²) in [5, 5.41) is 17.6. The Morgan fingerprint density at radius 1 is 1.21 bits per heavy atom. The van der Waals surface area contributed by atoms with E-state index in [1.54, 1.807) is 25.3 Å². The zero-order valence-electron chi connectivity index (χ0n) is 16.5. The van der Waals surface area contributed by atoms with Crippen LogP contribution < -0.4 is 15.1 Å². The van der Waals surface area contributed by atoms with Gasteiger partial charge >= 0.3 is 12.2 Å². The maximum atomic E-state index is 12.3. The molecule has 2 aliphatic heterocycles. The maximum absolute atomic E-state index is 12.3. The Balaban J connectivity index is 1.71. The monoisotopic (exact) mass is 399 g/mol. The number of aromatic nitrogens is 2. The molecule has 0 unspecified atom stereocenters. The summed E-state index contributed by atoms with van der Waals surface area (Å²) in [5.41, 5.74) is 2.76. The molecule has 0 saturated carbocycles. The highest BCUT2D eigenvalue weighted by atomic mass is 16.5. The first-order valence-electron chi connectivity index (χ1n) is 9.76. The maximum Gasteiger partial charge on any atom is 0.414 e. The SMILES string of the molecule is COC(=O)N1c2ccc(-c3cnn(C4CCNCC4)c3)cc2N(C(=O)O)C[C@@H]1C. The second kappa shape index (κ2) is 7.75. The molecule has 1 saturated heterocycles. The number of amides is 2. The number of carboxylic acid groups (broad SMARTS) is 1. The highest BCUT2D eigenvalue weighted by Crippen LogP contribution is 2.39. The number of hydrogen-bond acceptors (Lipinski definition) is 5. The summed E-state index contributed by atoms with van der Waals surface area (Å²) < 4.78 is 6.89. The smallest absolute Gasteiger partial charge is 0.414 e. The van der Waals surface area contributed by atoms with Crippen molar-refractivity contribution in [1.82, 2.24) is 15.1 Å². The lowest BCUT2D eigenvalue weighted by Crippen LogP contribution is -2.51. The van der Waals surface area contributed by atoms with Crippen LogP contribution in [0.5, 0.6) is 0 Å². The van der Waals surface area contributed by atoms with Crippen molar-refractivity contribution >= 4 is 23.6 Å². The number of nitrogens with one attached hydrogen (secondary N) is 1. The van der Waals surface area contributed by atoms with Crippen LogP contribution >= 0.6 is 0 Å². The lowest BCUT2D eigenvalue weighted by Gasteiger charge is -2.39. The molecule has 0 spiro atoms. The molecule has 9 heteroatoms. The Morgan fingerprint density at radius 2 is 1.97 bits per heavy atom. The summed E-state index contributed by atoms with van der Waals surface area (Å²) >= 11 is 0. The van der Waals surface area contributed by atoms with Crippen LogP contribution in [0.25, 0.3) is 11.1 Å². The van der Waals surface area contributed by atoms with Crippen molar-refractivity contribution in [2.24, 2.45) is 0 Å². The van der Waals surface area contributed by atoms with Gasteiger partial charge in [0.25, 0.3) is 0 Å². The lowest BCUT2D eigenvalue weighted by molar-refractivity contribution is 0.175. The molecule has 0 radical (unpaired) electrons. The molecule has 1 aromatic heterocycles. The second-order valence-electron chi connectivity index (χ2n) is 7.48. The van der Waals surface area contributed by atoms with E-state index in [0.717, 1.165) is 37.1 Å². The number of fused-ring (bicyclic) bond motifs is 1. The Kier molecular flexibility index (Phi) is 5.14. The van der Waals surface area contributed by atoms with Gasteiger partial charge in [-0.25, -0.2) is 9.59 Å². The zero-order chi connectivity index (χ0) is 20.5. The Bertz CT molecular complexity index is 921. The number of benzene rings is 1. The molecule has 4 rings (SSSR count). The fourth-order valence-electron chi connectivity index (χ4n) is 4.12. The van der Waals surface area contributed by atoms with Crippen LogP contribution in [0, 0.1) is 0 Å². The highest BCUT2D eigenvalue weighted by molar-refractivity contribution is 6.01. The van der Waals surface area contributed by atoms with Crippen LogP contribution in [0.1, 0.15) is 25.8 Å². The Labute approximate surface area is 168 Å². The van der Waals surface area contributed by atoms with Gasteiger partial charge in [0, 0.05) is 11.8 Å². The minimum atomic E-state index is -1.05. The minimum Gasteiger partial charge on any atom is -0.465 e. The number of carbonyl (C=O) groups excluding carboxylic acids is 1. The van der Waals surface area contributed by atoms with Crippen molar-refractivity contribution in [3.8, 4) is 11.1 Å². The van der Waals surface area contributed by atoms with E-state index in [9.17, 15) is 14.7 Å². The molecule has 2 aromatic rings. The summed E-state index contributed by atoms with van der Waals surface area (Å²) in [5.74, 6) is 0. The van der Waals surface area contributed by atoms with E-state index in [1.165, 1.54) is 16.9 Å². The molecule has 3 heterocycles. The van der Waals surface area contributed by atoms with E-state index in [0.29, 0.717) is 17.4 Å². The van der Waals surface area contributed by atoms with E-state index in [1.807, 2.05) is 16.9 Å². The van der Waals surface area contributed by atoms with Crippen LogP contribution in [0.15, 0.2) is 30.6 Å². The molecule has 1 fully saturated rings. The number of methoxy groups -OCH3 is 1. The molecule has 1 atom stereocenters.